The van der Waals surface area contributed by atoms with Crippen molar-refractivity contribution in [2.24, 2.45) is 32.9 Å². The summed E-state index contributed by atoms with van der Waals surface area (Å²) in [7, 11) is 1.44. The first-order chi connectivity index (χ1) is 18.7. The van der Waals surface area contributed by atoms with Gasteiger partial charge in [0, 0.05) is 0 Å². The number of ether oxygens (including phenoxy) is 4. The average molecular weight is 584 g/mol. The molecule has 2 heterocycles. The summed E-state index contributed by atoms with van der Waals surface area (Å²) in [5.74, 6) is -1.01. The molecule has 3 aliphatic rings. The Morgan fingerprint density at radius 2 is 1.43 bits per heavy atom. The van der Waals surface area contributed by atoms with Crippen molar-refractivity contribution in [2.45, 2.75) is 98.2 Å². The van der Waals surface area contributed by atoms with Crippen molar-refractivity contribution in [3.63, 3.8) is 0 Å². The highest BCUT2D eigenvalue weighted by Crippen LogP contribution is 2.39. The van der Waals surface area contributed by atoms with Crippen LogP contribution in [0.25, 0.3) is 0 Å². The second kappa shape index (κ2) is 12.9. The summed E-state index contributed by atoms with van der Waals surface area (Å²) in [4.78, 5) is 7.66. The second-order valence-corrected chi connectivity index (χ2v) is 10.0. The summed E-state index contributed by atoms with van der Waals surface area (Å²) in [5.41, 5.74) is 19.7. The predicted octanol–water partition coefficient (Wildman–Crippen LogP) is -8.37. The zero-order valence-electron chi connectivity index (χ0n) is 21.9. The van der Waals surface area contributed by atoms with Gasteiger partial charge in [0.05, 0.1) is 25.4 Å². The molecule has 15 atom stereocenters. The minimum atomic E-state index is -2.15. The van der Waals surface area contributed by atoms with Crippen molar-refractivity contribution in [2.75, 3.05) is 20.3 Å². The van der Waals surface area contributed by atoms with Crippen LogP contribution < -0.4 is 28.3 Å². The van der Waals surface area contributed by atoms with Crippen LogP contribution in [0.2, 0.25) is 0 Å². The maximum atomic E-state index is 11.3. The van der Waals surface area contributed by atoms with Gasteiger partial charge >= 0.3 is 0 Å². The standard InChI is InChI=1S/C21H41N7O12/c1-5-21(36,4-30)16(40-17-9(26-2)13(34)10(31)6(3-29)38-17)18(37-5)39-15-8(28-20(24)25)11(32)7(27-19(22)23)12(33)14(15)35/h5-18,26,29-36H,3-4H2,1-2H3,(H4,22,23,27)(H4,24,25,28)/t5-,6+,7-,8+,9+,10?,11-,12+,13?,14-,15-,16?,17?,18+,21-/m1/s1. The van der Waals surface area contributed by atoms with Gasteiger partial charge in [0.2, 0.25) is 0 Å². The van der Waals surface area contributed by atoms with Crippen molar-refractivity contribution in [1.82, 2.24) is 5.32 Å². The number of guanidine groups is 2. The fourth-order valence-corrected chi connectivity index (χ4v) is 5.17. The molecule has 40 heavy (non-hydrogen) atoms. The van der Waals surface area contributed by atoms with Gasteiger partial charge in [-0.1, -0.05) is 0 Å². The SMILES string of the molecule is CN[C@@H]1C(OC2[C@H](O[C@H]3[C@H](O)[C@@H](O)[C@H](N=C(N)N)[C@@H](O)[C@@H]3N=C(N)N)O[C@H](C)[C@]2(O)CO)O[C@@H](CO)C(O)C1O. The number of aliphatic hydroxyl groups excluding tert-OH is 7. The van der Waals surface area contributed by atoms with Crippen LogP contribution in [0.3, 0.4) is 0 Å². The monoisotopic (exact) mass is 583 g/mol. The van der Waals surface area contributed by atoms with Crippen LogP contribution in [-0.4, -0.2) is 164 Å². The molecule has 1 aliphatic carbocycles. The molecule has 4 unspecified atom stereocenters. The van der Waals surface area contributed by atoms with E-state index in [1.807, 2.05) is 0 Å². The van der Waals surface area contributed by atoms with E-state index in [0.29, 0.717) is 0 Å². The van der Waals surface area contributed by atoms with Crippen LogP contribution in [0.4, 0.5) is 0 Å². The van der Waals surface area contributed by atoms with Gasteiger partial charge in [-0.2, -0.15) is 0 Å². The molecule has 0 bridgehead atoms. The molecule has 0 radical (unpaired) electrons. The van der Waals surface area contributed by atoms with Crippen molar-refractivity contribution < 1.29 is 59.8 Å². The van der Waals surface area contributed by atoms with Crippen molar-refractivity contribution in [3.8, 4) is 0 Å². The number of rotatable bonds is 9. The lowest BCUT2D eigenvalue weighted by Gasteiger charge is -2.45. The van der Waals surface area contributed by atoms with Gasteiger partial charge in [-0.15, -0.1) is 0 Å². The number of hydrogen-bond acceptors (Lipinski definition) is 15. The van der Waals surface area contributed by atoms with Crippen LogP contribution in [0.5, 0.6) is 0 Å². The zero-order chi connectivity index (χ0) is 30.1. The summed E-state index contributed by atoms with van der Waals surface area (Å²) in [6.45, 7) is -0.199. The number of nitrogens with two attached hydrogens (primary N) is 4. The first kappa shape index (κ1) is 32.5. The highest BCUT2D eigenvalue weighted by Gasteiger charge is 2.60. The van der Waals surface area contributed by atoms with E-state index >= 15 is 0 Å². The normalized spacial score (nSPS) is 47.5. The molecule has 19 nitrogen and oxygen atoms in total. The van der Waals surface area contributed by atoms with E-state index in [9.17, 15) is 40.9 Å². The minimum absolute atomic E-state index is 0.493. The molecule has 3 fully saturated rings. The number of nitrogens with zero attached hydrogens (tertiary/aromatic N) is 2. The van der Waals surface area contributed by atoms with Crippen LogP contribution >= 0.6 is 0 Å². The lowest BCUT2D eigenvalue weighted by molar-refractivity contribution is -0.317. The number of aliphatic hydroxyl groups is 8. The van der Waals surface area contributed by atoms with E-state index in [1.54, 1.807) is 0 Å². The molecule has 2 aliphatic heterocycles. The van der Waals surface area contributed by atoms with Gasteiger partial charge in [-0.25, -0.2) is 9.98 Å². The Labute approximate surface area is 229 Å². The fraction of sp³-hybridized carbons (Fsp3) is 0.905. The van der Waals surface area contributed by atoms with Crippen molar-refractivity contribution in [1.29, 1.82) is 0 Å². The van der Waals surface area contributed by atoms with E-state index in [-0.39, 0.29) is 0 Å². The van der Waals surface area contributed by atoms with Crippen LogP contribution in [0.1, 0.15) is 6.92 Å². The fourth-order valence-electron chi connectivity index (χ4n) is 5.17. The molecule has 17 N–H and O–H groups in total. The topological polar surface area (TPSA) is 340 Å². The van der Waals surface area contributed by atoms with E-state index in [0.717, 1.165) is 0 Å². The molecule has 0 spiro atoms. The smallest absolute Gasteiger partial charge is 0.187 e. The van der Waals surface area contributed by atoms with E-state index in [2.05, 4.69) is 15.3 Å². The zero-order valence-corrected chi connectivity index (χ0v) is 21.9. The molecule has 0 amide bonds. The Kier molecular flexibility index (Phi) is 10.5. The van der Waals surface area contributed by atoms with Crippen molar-refractivity contribution in [3.05, 3.63) is 0 Å². The third kappa shape index (κ3) is 6.11. The van der Waals surface area contributed by atoms with Gasteiger partial charge in [0.1, 0.15) is 66.5 Å². The molecule has 232 valence electrons. The maximum absolute atomic E-state index is 11.3. The lowest BCUT2D eigenvalue weighted by Crippen LogP contribution is -2.66. The lowest BCUT2D eigenvalue weighted by atomic mass is 9.81. The maximum Gasteiger partial charge on any atom is 0.187 e. The number of likely N-dealkylation sites (N-methyl/N-ethyl adjacent to an activating group) is 1. The Bertz CT molecular complexity index is 911. The highest BCUT2D eigenvalue weighted by atomic mass is 16.8. The van der Waals surface area contributed by atoms with Crippen molar-refractivity contribution >= 4 is 11.9 Å². The van der Waals surface area contributed by atoms with Crippen LogP contribution in [-0.2, 0) is 18.9 Å². The van der Waals surface area contributed by atoms with Gasteiger partial charge < -0.3 is 88.1 Å². The first-order valence-corrected chi connectivity index (χ1v) is 12.5. The molecule has 2 saturated heterocycles. The third-order valence-corrected chi connectivity index (χ3v) is 7.49. The number of aliphatic imine (C=N–C) groups is 2. The Morgan fingerprint density at radius 3 is 1.95 bits per heavy atom. The van der Waals surface area contributed by atoms with Gasteiger partial charge in [-0.05, 0) is 14.0 Å². The van der Waals surface area contributed by atoms with E-state index in [1.165, 1.54) is 14.0 Å². The van der Waals surface area contributed by atoms with Gasteiger partial charge in [0.15, 0.2) is 24.5 Å². The molecule has 19 heteroatoms. The largest absolute Gasteiger partial charge is 0.394 e. The average Bonchev–Trinajstić information content (AvgIpc) is 3.13. The van der Waals surface area contributed by atoms with E-state index in [4.69, 9.17) is 41.9 Å². The molecule has 0 aromatic rings. The molecule has 0 aromatic carbocycles. The number of hydrogen-bond donors (Lipinski definition) is 13. The summed E-state index contributed by atoms with van der Waals surface area (Å²) >= 11 is 0. The quantitative estimate of drug-likeness (QED) is 0.0884. The highest BCUT2D eigenvalue weighted by molar-refractivity contribution is 5.76. The van der Waals surface area contributed by atoms with Crippen LogP contribution in [0, 0.1) is 0 Å². The molecule has 3 rings (SSSR count). The molecular formula is C21H41N7O12. The van der Waals surface area contributed by atoms with Gasteiger partial charge in [-0.3, -0.25) is 0 Å². The summed E-state index contributed by atoms with van der Waals surface area (Å²) in [6.07, 6.45) is -16.9. The summed E-state index contributed by atoms with van der Waals surface area (Å²) < 4.78 is 23.2. The Hall–Kier alpha value is -1.98. The predicted molar refractivity (Wildman–Crippen MR) is 134 cm³/mol. The Morgan fingerprint density at radius 1 is 0.825 bits per heavy atom. The summed E-state index contributed by atoms with van der Waals surface area (Å²) in [6, 6.07) is -4.00. The number of nitrogens with one attached hydrogen (secondary N) is 1. The van der Waals surface area contributed by atoms with E-state index < -0.39 is 116 Å². The molecule has 1 saturated carbocycles. The Balaban J connectivity index is 1.96. The first-order valence-electron chi connectivity index (χ1n) is 12.5. The van der Waals surface area contributed by atoms with Gasteiger partial charge in [0.25, 0.3) is 0 Å². The summed E-state index contributed by atoms with van der Waals surface area (Å²) in [5, 5.41) is 87.0. The van der Waals surface area contributed by atoms with Crippen LogP contribution in [0.15, 0.2) is 9.98 Å². The minimum Gasteiger partial charge on any atom is -0.394 e. The third-order valence-electron chi connectivity index (χ3n) is 7.49. The molecular weight excluding hydrogens is 542 g/mol. The molecule has 0 aromatic heterocycles. The second-order valence-electron chi connectivity index (χ2n) is 10.0.